The lowest BCUT2D eigenvalue weighted by molar-refractivity contribution is 0.0920. The SMILES string of the molecule is CCN(C)C=Nc1cc(C)c(C(=O)COc2cccc(Sc3c(F)c(F)c(F)c(F)c3F)c2)cc1C. The molecule has 0 fully saturated rings. The number of hydrogen-bond acceptors (Lipinski definition) is 4. The van der Waals surface area contributed by atoms with E-state index in [0.717, 1.165) is 23.4 Å². The number of ketones is 1. The largest absolute Gasteiger partial charge is 0.485 e. The van der Waals surface area contributed by atoms with Crippen LogP contribution >= 0.6 is 11.8 Å². The molecule has 0 aliphatic rings. The Balaban J connectivity index is 1.74. The van der Waals surface area contributed by atoms with E-state index in [1.807, 2.05) is 31.9 Å². The van der Waals surface area contributed by atoms with Crippen LogP contribution in [0.15, 0.2) is 51.2 Å². The summed E-state index contributed by atoms with van der Waals surface area (Å²) in [6.07, 6.45) is 1.71. The molecule has 190 valence electrons. The summed E-state index contributed by atoms with van der Waals surface area (Å²) in [6, 6.07) is 9.29. The van der Waals surface area contributed by atoms with Gasteiger partial charge in [-0.2, -0.15) is 0 Å². The number of rotatable bonds is 9. The second-order valence-electron chi connectivity index (χ2n) is 7.96. The lowest BCUT2D eigenvalue weighted by Gasteiger charge is -2.12. The minimum Gasteiger partial charge on any atom is -0.485 e. The second-order valence-corrected chi connectivity index (χ2v) is 9.04. The van der Waals surface area contributed by atoms with E-state index >= 15 is 0 Å². The van der Waals surface area contributed by atoms with Crippen molar-refractivity contribution in [2.45, 2.75) is 30.6 Å². The van der Waals surface area contributed by atoms with Gasteiger partial charge in [0, 0.05) is 24.1 Å². The molecule has 0 saturated carbocycles. The van der Waals surface area contributed by atoms with E-state index in [0.29, 0.717) is 17.3 Å². The number of benzene rings is 3. The Hall–Kier alpha value is -3.40. The van der Waals surface area contributed by atoms with E-state index in [1.165, 1.54) is 24.3 Å². The lowest BCUT2D eigenvalue weighted by atomic mass is 10.0. The molecule has 3 aromatic carbocycles. The smallest absolute Gasteiger partial charge is 0.200 e. The molecule has 0 radical (unpaired) electrons. The Labute approximate surface area is 209 Å². The fourth-order valence-corrected chi connectivity index (χ4v) is 4.05. The molecule has 4 nitrogen and oxygen atoms in total. The zero-order valence-corrected chi connectivity index (χ0v) is 20.8. The molecule has 0 heterocycles. The predicted molar refractivity (Wildman–Crippen MR) is 129 cm³/mol. The monoisotopic (exact) mass is 522 g/mol. The highest BCUT2D eigenvalue weighted by Crippen LogP contribution is 2.36. The summed E-state index contributed by atoms with van der Waals surface area (Å²) in [6.45, 7) is 6.11. The van der Waals surface area contributed by atoms with Gasteiger partial charge >= 0.3 is 0 Å². The highest BCUT2D eigenvalue weighted by Gasteiger charge is 2.26. The zero-order chi connectivity index (χ0) is 26.6. The fraction of sp³-hybridized carbons (Fsp3) is 0.231. The molecule has 0 unspecified atom stereocenters. The number of Topliss-reactive ketones (excluding diaryl/α,β-unsaturated/α-hetero) is 1. The molecule has 0 amide bonds. The lowest BCUT2D eigenvalue weighted by Crippen LogP contribution is -2.14. The van der Waals surface area contributed by atoms with Gasteiger partial charge in [0.15, 0.2) is 35.7 Å². The van der Waals surface area contributed by atoms with Crippen LogP contribution in [0, 0.1) is 42.9 Å². The number of carbonyl (C=O) groups is 1. The van der Waals surface area contributed by atoms with Crippen LogP contribution in [0.2, 0.25) is 0 Å². The standard InChI is InChI=1S/C26H23F5N2O2S/c1-5-33(4)13-32-19-10-14(2)18(9-15(19)3)20(34)12-35-16-7-6-8-17(11-16)36-26-24(30)22(28)21(27)23(29)25(26)31/h6-11,13H,5,12H2,1-4H3. The van der Waals surface area contributed by atoms with Crippen LogP contribution in [-0.4, -0.2) is 37.2 Å². The first-order chi connectivity index (χ1) is 17.0. The van der Waals surface area contributed by atoms with E-state index in [-0.39, 0.29) is 23.0 Å². The molecule has 0 aliphatic heterocycles. The maximum Gasteiger partial charge on any atom is 0.200 e. The average molecular weight is 523 g/mol. The normalized spacial score (nSPS) is 11.2. The number of aryl methyl sites for hydroxylation is 2. The summed E-state index contributed by atoms with van der Waals surface area (Å²) in [4.78, 5) is 18.3. The van der Waals surface area contributed by atoms with Gasteiger partial charge < -0.3 is 9.64 Å². The van der Waals surface area contributed by atoms with Crippen molar-refractivity contribution in [3.8, 4) is 5.75 Å². The van der Waals surface area contributed by atoms with Gasteiger partial charge in [0.05, 0.1) is 16.9 Å². The van der Waals surface area contributed by atoms with Crippen molar-refractivity contribution < 1.29 is 31.5 Å². The zero-order valence-electron chi connectivity index (χ0n) is 20.0. The number of carbonyl (C=O) groups excluding carboxylic acids is 1. The summed E-state index contributed by atoms with van der Waals surface area (Å²) in [5.74, 6) is -10.2. The summed E-state index contributed by atoms with van der Waals surface area (Å²) >= 11 is 0.358. The predicted octanol–water partition coefficient (Wildman–Crippen LogP) is 7.02. The maximum atomic E-state index is 14.0. The van der Waals surface area contributed by atoms with Gasteiger partial charge in [0.25, 0.3) is 0 Å². The third kappa shape index (κ3) is 6.04. The van der Waals surface area contributed by atoms with E-state index in [9.17, 15) is 26.7 Å². The van der Waals surface area contributed by atoms with E-state index in [1.54, 1.807) is 19.3 Å². The van der Waals surface area contributed by atoms with Gasteiger partial charge in [-0.3, -0.25) is 4.79 Å². The van der Waals surface area contributed by atoms with Gasteiger partial charge in [0.1, 0.15) is 5.75 Å². The Morgan fingerprint density at radius 3 is 2.25 bits per heavy atom. The summed E-state index contributed by atoms with van der Waals surface area (Å²) in [5.41, 5.74) is 2.73. The number of hydrogen-bond donors (Lipinski definition) is 0. The molecule has 0 spiro atoms. The summed E-state index contributed by atoms with van der Waals surface area (Å²) in [5, 5.41) is 0. The molecule has 0 aliphatic carbocycles. The highest BCUT2D eigenvalue weighted by molar-refractivity contribution is 7.99. The van der Waals surface area contributed by atoms with Crippen LogP contribution in [0.5, 0.6) is 5.75 Å². The third-order valence-corrected chi connectivity index (χ3v) is 6.35. The Kier molecular flexibility index (Phi) is 8.73. The van der Waals surface area contributed by atoms with Crippen LogP contribution in [-0.2, 0) is 0 Å². The molecule has 0 saturated heterocycles. The first-order valence-electron chi connectivity index (χ1n) is 10.8. The van der Waals surface area contributed by atoms with Crippen LogP contribution in [0.1, 0.15) is 28.4 Å². The van der Waals surface area contributed by atoms with Crippen molar-refractivity contribution in [1.82, 2.24) is 4.90 Å². The molecule has 0 aromatic heterocycles. The second kappa shape index (κ2) is 11.6. The minimum absolute atomic E-state index is 0.162. The van der Waals surface area contributed by atoms with Crippen molar-refractivity contribution in [3.63, 3.8) is 0 Å². The first-order valence-corrected chi connectivity index (χ1v) is 11.7. The minimum atomic E-state index is -2.22. The van der Waals surface area contributed by atoms with E-state index in [4.69, 9.17) is 4.74 Å². The van der Waals surface area contributed by atoms with Gasteiger partial charge in [-0.05, 0) is 62.2 Å². The molecular formula is C26H23F5N2O2S. The molecule has 0 atom stereocenters. The molecule has 0 N–H and O–H groups in total. The van der Waals surface area contributed by atoms with Crippen molar-refractivity contribution in [3.05, 3.63) is 82.2 Å². The summed E-state index contributed by atoms with van der Waals surface area (Å²) < 4.78 is 73.8. The van der Waals surface area contributed by atoms with Crippen molar-refractivity contribution >= 4 is 29.6 Å². The van der Waals surface area contributed by atoms with Gasteiger partial charge in [-0.15, -0.1) is 0 Å². The first kappa shape index (κ1) is 27.2. The van der Waals surface area contributed by atoms with Crippen LogP contribution < -0.4 is 4.74 Å². The van der Waals surface area contributed by atoms with Gasteiger partial charge in [0.2, 0.25) is 5.82 Å². The molecule has 0 bridgehead atoms. The number of aliphatic imine (C=N–C) groups is 1. The Morgan fingerprint density at radius 2 is 1.61 bits per heavy atom. The van der Waals surface area contributed by atoms with E-state index < -0.39 is 34.0 Å². The highest BCUT2D eigenvalue weighted by atomic mass is 32.2. The molecule has 36 heavy (non-hydrogen) atoms. The molecular weight excluding hydrogens is 499 g/mol. The molecule has 3 aromatic rings. The average Bonchev–Trinajstić information content (AvgIpc) is 2.87. The van der Waals surface area contributed by atoms with Gasteiger partial charge in [-0.25, -0.2) is 26.9 Å². The Bertz CT molecular complexity index is 1300. The van der Waals surface area contributed by atoms with E-state index in [2.05, 4.69) is 4.99 Å². The number of ether oxygens (including phenoxy) is 1. The topological polar surface area (TPSA) is 41.9 Å². The van der Waals surface area contributed by atoms with Crippen LogP contribution in [0.3, 0.4) is 0 Å². The van der Waals surface area contributed by atoms with Crippen molar-refractivity contribution in [2.24, 2.45) is 4.99 Å². The number of nitrogens with zero attached hydrogens (tertiary/aromatic N) is 2. The summed E-state index contributed by atoms with van der Waals surface area (Å²) in [7, 11) is 1.90. The quantitative estimate of drug-likeness (QED) is 0.0756. The fourth-order valence-electron chi connectivity index (χ4n) is 3.13. The molecule has 10 heteroatoms. The van der Waals surface area contributed by atoms with Crippen molar-refractivity contribution in [2.75, 3.05) is 20.2 Å². The third-order valence-electron chi connectivity index (χ3n) is 5.30. The van der Waals surface area contributed by atoms with Crippen LogP contribution in [0.4, 0.5) is 27.6 Å². The number of halogens is 5. The van der Waals surface area contributed by atoms with Gasteiger partial charge in [-0.1, -0.05) is 17.8 Å². The Morgan fingerprint density at radius 1 is 0.972 bits per heavy atom. The maximum absolute atomic E-state index is 14.0. The van der Waals surface area contributed by atoms with Crippen LogP contribution in [0.25, 0.3) is 0 Å². The molecule has 3 rings (SSSR count). The van der Waals surface area contributed by atoms with Crippen molar-refractivity contribution in [1.29, 1.82) is 0 Å².